The molecule has 9 heteroatoms. The number of nitrogens with zero attached hydrogens (tertiary/aromatic N) is 2. The van der Waals surface area contributed by atoms with Gasteiger partial charge in [-0.2, -0.15) is 18.6 Å². The molecule has 0 radical (unpaired) electrons. The van der Waals surface area contributed by atoms with Crippen LogP contribution in [0.3, 0.4) is 0 Å². The van der Waals surface area contributed by atoms with Crippen molar-refractivity contribution >= 4 is 11.8 Å². The van der Waals surface area contributed by atoms with E-state index in [0.29, 0.717) is 30.4 Å². The Bertz CT molecular complexity index is 874. The first-order valence-corrected chi connectivity index (χ1v) is 9.93. The molecule has 0 saturated heterocycles. The quantitative estimate of drug-likeness (QED) is 0.626. The number of hydrogen-bond acceptors (Lipinski definition) is 4. The van der Waals surface area contributed by atoms with Gasteiger partial charge in [0.15, 0.2) is 0 Å². The molecule has 0 aliphatic heterocycles. The predicted octanol–water partition coefficient (Wildman–Crippen LogP) is 2.39. The van der Waals surface area contributed by atoms with Gasteiger partial charge in [0.05, 0.1) is 12.1 Å². The average molecular weight is 420 g/mol. The molecule has 2 aromatic rings. The number of benzene rings is 1. The molecule has 1 heterocycles. The smallest absolute Gasteiger partial charge is 0.333 e. The number of carbonyl (C=O) groups is 2. The van der Waals surface area contributed by atoms with Gasteiger partial charge in [-0.15, -0.1) is 0 Å². The molecule has 1 fully saturated rings. The summed E-state index contributed by atoms with van der Waals surface area (Å²) in [5.41, 5.74) is 0.280. The van der Waals surface area contributed by atoms with E-state index in [1.165, 1.54) is 13.0 Å². The van der Waals surface area contributed by atoms with Crippen LogP contribution in [0.15, 0.2) is 42.6 Å². The molecule has 3 N–H and O–H groups in total. The van der Waals surface area contributed by atoms with Gasteiger partial charge < -0.3 is 15.7 Å². The highest BCUT2D eigenvalue weighted by Crippen LogP contribution is 2.38. The lowest BCUT2D eigenvalue weighted by Crippen LogP contribution is -2.42. The molecular formula is C21H26F2N4O3. The number of hydrogen-bond donors (Lipinski definition) is 3. The summed E-state index contributed by atoms with van der Waals surface area (Å²) in [6.07, 6.45) is 2.60. The Morgan fingerprint density at radius 1 is 1.23 bits per heavy atom. The van der Waals surface area contributed by atoms with Gasteiger partial charge >= 0.3 is 6.55 Å². The topological polar surface area (TPSA) is 96.3 Å². The molecule has 0 spiro atoms. The molecule has 3 rings (SSSR count). The van der Waals surface area contributed by atoms with Gasteiger partial charge in [0, 0.05) is 25.1 Å². The molecule has 0 bridgehead atoms. The second kappa shape index (κ2) is 9.34. The molecule has 1 saturated carbocycles. The van der Waals surface area contributed by atoms with E-state index in [4.69, 9.17) is 0 Å². The summed E-state index contributed by atoms with van der Waals surface area (Å²) < 4.78 is 26.5. The minimum atomic E-state index is -2.91. The molecule has 1 aliphatic rings. The first kappa shape index (κ1) is 21.9. The van der Waals surface area contributed by atoms with Crippen molar-refractivity contribution in [2.75, 3.05) is 6.54 Å². The van der Waals surface area contributed by atoms with Crippen molar-refractivity contribution in [1.29, 1.82) is 0 Å². The third-order valence-electron chi connectivity index (χ3n) is 5.77. The molecular weight excluding hydrogens is 394 g/mol. The van der Waals surface area contributed by atoms with Crippen LogP contribution in [0, 0.1) is 0 Å². The zero-order valence-corrected chi connectivity index (χ0v) is 16.7. The van der Waals surface area contributed by atoms with Crippen LogP contribution in [0.5, 0.6) is 0 Å². The van der Waals surface area contributed by atoms with E-state index in [1.54, 1.807) is 0 Å². The molecule has 162 valence electrons. The predicted molar refractivity (Wildman–Crippen MR) is 106 cm³/mol. The van der Waals surface area contributed by atoms with Crippen LogP contribution in [-0.4, -0.2) is 45.4 Å². The van der Waals surface area contributed by atoms with Crippen molar-refractivity contribution in [3.63, 3.8) is 0 Å². The fourth-order valence-corrected chi connectivity index (χ4v) is 4.15. The summed E-state index contributed by atoms with van der Waals surface area (Å²) in [7, 11) is 0. The number of aliphatic hydroxyl groups excluding tert-OH is 1. The number of carbonyl (C=O) groups excluding carboxylic acids is 2. The summed E-state index contributed by atoms with van der Waals surface area (Å²) in [6.45, 7) is -1.28. The number of nitrogens with one attached hydrogen (secondary N) is 2. The highest BCUT2D eigenvalue weighted by Gasteiger charge is 2.38. The number of amides is 2. The van der Waals surface area contributed by atoms with E-state index < -0.39 is 24.0 Å². The summed E-state index contributed by atoms with van der Waals surface area (Å²) in [6, 6.07) is 10.5. The van der Waals surface area contributed by atoms with Crippen molar-refractivity contribution in [3.05, 3.63) is 53.9 Å². The largest absolute Gasteiger partial charge is 0.391 e. The van der Waals surface area contributed by atoms with Crippen molar-refractivity contribution < 1.29 is 23.5 Å². The molecule has 2 amide bonds. The average Bonchev–Trinajstić information content (AvgIpc) is 3.17. The number of rotatable bonds is 6. The molecule has 0 unspecified atom stereocenters. The van der Waals surface area contributed by atoms with E-state index in [0.717, 1.165) is 11.8 Å². The highest BCUT2D eigenvalue weighted by molar-refractivity contribution is 5.92. The SMILES string of the molecule is CC(=O)N[C@H]1CC[C@](CNC(=O)c2ccnn2C(F)F)(c2ccccc2)CC[C@@H]1O. The maximum Gasteiger partial charge on any atom is 0.333 e. The van der Waals surface area contributed by atoms with E-state index >= 15 is 0 Å². The molecule has 1 aromatic heterocycles. The number of alkyl halides is 2. The van der Waals surface area contributed by atoms with Crippen LogP contribution in [0.25, 0.3) is 0 Å². The van der Waals surface area contributed by atoms with Gasteiger partial charge in [0.2, 0.25) is 5.91 Å². The summed E-state index contributed by atoms with van der Waals surface area (Å²) in [4.78, 5) is 24.1. The Balaban J connectivity index is 1.82. The van der Waals surface area contributed by atoms with Crippen molar-refractivity contribution in [1.82, 2.24) is 20.4 Å². The Kier molecular flexibility index (Phi) is 6.81. The number of aromatic nitrogens is 2. The van der Waals surface area contributed by atoms with Crippen LogP contribution in [0.4, 0.5) is 8.78 Å². The molecule has 30 heavy (non-hydrogen) atoms. The minimum absolute atomic E-state index is 0.208. The van der Waals surface area contributed by atoms with Crippen molar-refractivity contribution in [3.8, 4) is 0 Å². The van der Waals surface area contributed by atoms with Crippen molar-refractivity contribution in [2.45, 2.75) is 56.7 Å². The van der Waals surface area contributed by atoms with Crippen molar-refractivity contribution in [2.24, 2.45) is 0 Å². The summed E-state index contributed by atoms with van der Waals surface area (Å²) in [5.74, 6) is -0.842. The van der Waals surface area contributed by atoms with Gasteiger partial charge in [-0.25, -0.2) is 0 Å². The first-order valence-electron chi connectivity index (χ1n) is 9.93. The lowest BCUT2D eigenvalue weighted by Gasteiger charge is -2.34. The van der Waals surface area contributed by atoms with E-state index in [2.05, 4.69) is 15.7 Å². The Labute approximate surface area is 173 Å². The number of aliphatic hydroxyl groups is 1. The molecule has 1 aliphatic carbocycles. The fourth-order valence-electron chi connectivity index (χ4n) is 4.15. The van der Waals surface area contributed by atoms with Gasteiger partial charge in [0.1, 0.15) is 5.69 Å². The van der Waals surface area contributed by atoms with Crippen LogP contribution >= 0.6 is 0 Å². The lowest BCUT2D eigenvalue weighted by atomic mass is 9.74. The van der Waals surface area contributed by atoms with Gasteiger partial charge in [0.25, 0.3) is 5.91 Å². The molecule has 7 nitrogen and oxygen atoms in total. The van der Waals surface area contributed by atoms with Gasteiger partial charge in [-0.3, -0.25) is 9.59 Å². The lowest BCUT2D eigenvalue weighted by molar-refractivity contribution is -0.120. The van der Waals surface area contributed by atoms with Crippen LogP contribution in [0.1, 0.15) is 55.2 Å². The number of halogens is 2. The first-order chi connectivity index (χ1) is 14.3. The zero-order chi connectivity index (χ0) is 21.7. The standard InChI is InChI=1S/C21H26F2N4O3/c1-14(28)26-16-7-10-21(11-8-18(16)29,15-5-3-2-4-6-15)13-24-19(30)17-9-12-25-27(17)20(22)23/h2-6,9,12,16,18,20,29H,7-8,10-11,13H2,1H3,(H,24,30)(H,26,28)/t16-,18-,21-/m0/s1. The second-order valence-corrected chi connectivity index (χ2v) is 7.72. The van der Waals surface area contributed by atoms with Crippen LogP contribution in [-0.2, 0) is 10.2 Å². The maximum atomic E-state index is 13.1. The fraction of sp³-hybridized carbons (Fsp3) is 0.476. The molecule has 3 atom stereocenters. The third-order valence-corrected chi connectivity index (χ3v) is 5.77. The van der Waals surface area contributed by atoms with Crippen LogP contribution in [0.2, 0.25) is 0 Å². The summed E-state index contributed by atoms with van der Waals surface area (Å²) >= 11 is 0. The Hall–Kier alpha value is -2.81. The molecule has 1 aromatic carbocycles. The van der Waals surface area contributed by atoms with E-state index in [-0.39, 0.29) is 24.2 Å². The maximum absolute atomic E-state index is 13.1. The second-order valence-electron chi connectivity index (χ2n) is 7.72. The minimum Gasteiger partial charge on any atom is -0.391 e. The van der Waals surface area contributed by atoms with E-state index in [9.17, 15) is 23.5 Å². The normalized spacial score (nSPS) is 24.3. The monoisotopic (exact) mass is 420 g/mol. The Morgan fingerprint density at radius 2 is 1.93 bits per heavy atom. The Morgan fingerprint density at radius 3 is 2.60 bits per heavy atom. The van der Waals surface area contributed by atoms with E-state index in [1.807, 2.05) is 30.3 Å². The zero-order valence-electron chi connectivity index (χ0n) is 16.7. The van der Waals surface area contributed by atoms with Gasteiger partial charge in [-0.1, -0.05) is 30.3 Å². The van der Waals surface area contributed by atoms with Gasteiger partial charge in [-0.05, 0) is 37.3 Å². The summed E-state index contributed by atoms with van der Waals surface area (Å²) in [5, 5.41) is 19.6. The van der Waals surface area contributed by atoms with Crippen LogP contribution < -0.4 is 10.6 Å². The highest BCUT2D eigenvalue weighted by atomic mass is 19.3. The third kappa shape index (κ3) is 4.84.